The van der Waals surface area contributed by atoms with Crippen LogP contribution in [0.3, 0.4) is 0 Å². The van der Waals surface area contributed by atoms with Crippen molar-refractivity contribution >= 4 is 28.3 Å². The highest BCUT2D eigenvalue weighted by Crippen LogP contribution is 2.26. The fourth-order valence-corrected chi connectivity index (χ4v) is 3.52. The molecule has 130 valence electrons. The van der Waals surface area contributed by atoms with E-state index in [2.05, 4.69) is 10.6 Å². The number of hydrogen-bond donors (Lipinski definition) is 2. The zero-order chi connectivity index (χ0) is 18.6. The van der Waals surface area contributed by atoms with Gasteiger partial charge < -0.3 is 10.6 Å². The summed E-state index contributed by atoms with van der Waals surface area (Å²) in [5, 5.41) is 15.8. The van der Waals surface area contributed by atoms with Gasteiger partial charge in [0.05, 0.1) is 36.6 Å². The summed E-state index contributed by atoms with van der Waals surface area (Å²) < 4.78 is 13.0. The van der Waals surface area contributed by atoms with Crippen LogP contribution in [0.2, 0.25) is 0 Å². The molecule has 0 aromatic heterocycles. The van der Waals surface area contributed by atoms with Gasteiger partial charge in [-0.2, -0.15) is 0 Å². The SMILES string of the molecule is CNC(=O)c1ccccc1S(=O)c1ccc([N+](=O)[O-])cc1C(=O)NC. The second-order valence-corrected chi connectivity index (χ2v) is 6.28. The molecule has 0 aliphatic heterocycles. The van der Waals surface area contributed by atoms with Crippen LogP contribution in [0.15, 0.2) is 52.3 Å². The van der Waals surface area contributed by atoms with Gasteiger partial charge in [0.2, 0.25) is 0 Å². The number of non-ortho nitro benzene ring substituents is 1. The Bertz CT molecular complexity index is 882. The summed E-state index contributed by atoms with van der Waals surface area (Å²) in [6.45, 7) is 0. The number of nitrogens with one attached hydrogen (secondary N) is 2. The zero-order valence-electron chi connectivity index (χ0n) is 13.4. The van der Waals surface area contributed by atoms with Crippen molar-refractivity contribution in [1.29, 1.82) is 0 Å². The van der Waals surface area contributed by atoms with Gasteiger partial charge in [-0.25, -0.2) is 4.21 Å². The van der Waals surface area contributed by atoms with E-state index in [1.165, 1.54) is 38.4 Å². The van der Waals surface area contributed by atoms with E-state index < -0.39 is 27.5 Å². The average molecular weight is 361 g/mol. The molecular formula is C16H15N3O5S. The molecule has 0 bridgehead atoms. The number of rotatable bonds is 5. The molecule has 1 atom stereocenters. The Morgan fingerprint density at radius 3 is 2.12 bits per heavy atom. The first-order chi connectivity index (χ1) is 11.9. The number of carbonyl (C=O) groups is 2. The van der Waals surface area contributed by atoms with Crippen molar-refractivity contribution in [3.05, 3.63) is 63.7 Å². The smallest absolute Gasteiger partial charge is 0.270 e. The first-order valence-corrected chi connectivity index (χ1v) is 8.29. The minimum Gasteiger partial charge on any atom is -0.355 e. The number of hydrogen-bond acceptors (Lipinski definition) is 5. The minimum absolute atomic E-state index is 0.0817. The Morgan fingerprint density at radius 1 is 0.960 bits per heavy atom. The molecule has 0 saturated heterocycles. The maximum absolute atomic E-state index is 13.0. The Hall–Kier alpha value is -3.07. The summed E-state index contributed by atoms with van der Waals surface area (Å²) >= 11 is 0. The Labute approximate surface area is 145 Å². The van der Waals surface area contributed by atoms with Gasteiger partial charge in [-0.05, 0) is 18.2 Å². The van der Waals surface area contributed by atoms with Crippen molar-refractivity contribution < 1.29 is 18.7 Å². The van der Waals surface area contributed by atoms with Crippen molar-refractivity contribution in [2.75, 3.05) is 14.1 Å². The summed E-state index contributed by atoms with van der Waals surface area (Å²) in [6, 6.07) is 9.76. The zero-order valence-corrected chi connectivity index (χ0v) is 14.3. The highest BCUT2D eigenvalue weighted by Gasteiger charge is 2.23. The molecule has 0 saturated carbocycles. The molecule has 8 nitrogen and oxygen atoms in total. The third kappa shape index (κ3) is 3.72. The third-order valence-corrected chi connectivity index (χ3v) is 4.91. The molecule has 0 spiro atoms. The minimum atomic E-state index is -1.88. The molecule has 0 aliphatic carbocycles. The van der Waals surface area contributed by atoms with Crippen LogP contribution < -0.4 is 10.6 Å². The molecular weight excluding hydrogens is 346 g/mol. The summed E-state index contributed by atoms with van der Waals surface area (Å²) in [5.41, 5.74) is -0.176. The van der Waals surface area contributed by atoms with E-state index in [0.717, 1.165) is 6.07 Å². The maximum atomic E-state index is 13.0. The molecule has 0 fully saturated rings. The predicted molar refractivity (Wildman–Crippen MR) is 91.0 cm³/mol. The topological polar surface area (TPSA) is 118 Å². The van der Waals surface area contributed by atoms with Crippen LogP contribution >= 0.6 is 0 Å². The van der Waals surface area contributed by atoms with Gasteiger partial charge in [0.1, 0.15) is 0 Å². The lowest BCUT2D eigenvalue weighted by Crippen LogP contribution is -2.22. The van der Waals surface area contributed by atoms with E-state index in [1.807, 2.05) is 0 Å². The van der Waals surface area contributed by atoms with Gasteiger partial charge in [0.25, 0.3) is 17.5 Å². The molecule has 2 amide bonds. The van der Waals surface area contributed by atoms with Crippen LogP contribution in [0.25, 0.3) is 0 Å². The average Bonchev–Trinajstić information content (AvgIpc) is 2.65. The first-order valence-electron chi connectivity index (χ1n) is 7.14. The van der Waals surface area contributed by atoms with Crippen LogP contribution in [0.4, 0.5) is 5.69 Å². The largest absolute Gasteiger partial charge is 0.355 e. The molecule has 2 N–H and O–H groups in total. The first kappa shape index (κ1) is 18.3. The van der Waals surface area contributed by atoms with Crippen LogP contribution in [-0.4, -0.2) is 35.0 Å². The van der Waals surface area contributed by atoms with Gasteiger partial charge in [-0.15, -0.1) is 0 Å². The standard InChI is InChI=1S/C16H15N3O5S/c1-17-15(20)11-5-3-4-6-13(11)25(24)14-8-7-10(19(22)23)9-12(14)16(21)18-2/h3-9H,1-2H3,(H,17,20)(H,18,21). The normalized spacial score (nSPS) is 11.4. The molecule has 0 heterocycles. The molecule has 1 unspecified atom stereocenters. The highest BCUT2D eigenvalue weighted by molar-refractivity contribution is 7.85. The third-order valence-electron chi connectivity index (χ3n) is 3.40. The van der Waals surface area contributed by atoms with Gasteiger partial charge in [0, 0.05) is 26.2 Å². The Balaban J connectivity index is 2.62. The summed E-state index contributed by atoms with van der Waals surface area (Å²) in [5.74, 6) is -1.03. The van der Waals surface area contributed by atoms with Gasteiger partial charge in [0.15, 0.2) is 0 Å². The van der Waals surface area contributed by atoms with E-state index in [-0.39, 0.29) is 26.6 Å². The van der Waals surface area contributed by atoms with Gasteiger partial charge in [-0.1, -0.05) is 12.1 Å². The van der Waals surface area contributed by atoms with Gasteiger partial charge in [-0.3, -0.25) is 19.7 Å². The number of amides is 2. The van der Waals surface area contributed by atoms with E-state index in [0.29, 0.717) is 0 Å². The fourth-order valence-electron chi connectivity index (χ4n) is 2.17. The van der Waals surface area contributed by atoms with Crippen molar-refractivity contribution in [2.24, 2.45) is 0 Å². The van der Waals surface area contributed by atoms with Crippen molar-refractivity contribution in [3.8, 4) is 0 Å². The summed E-state index contributed by atoms with van der Waals surface area (Å²) in [6.07, 6.45) is 0. The van der Waals surface area contributed by atoms with Crippen molar-refractivity contribution in [3.63, 3.8) is 0 Å². The number of nitro groups is 1. The fraction of sp³-hybridized carbons (Fsp3) is 0.125. The summed E-state index contributed by atoms with van der Waals surface area (Å²) in [7, 11) is 0.936. The Morgan fingerprint density at radius 2 is 1.52 bits per heavy atom. The van der Waals surface area contributed by atoms with E-state index in [1.54, 1.807) is 12.1 Å². The predicted octanol–water partition coefficient (Wildman–Crippen LogP) is 1.48. The maximum Gasteiger partial charge on any atom is 0.270 e. The van der Waals surface area contributed by atoms with Crippen molar-refractivity contribution in [1.82, 2.24) is 10.6 Å². The van der Waals surface area contributed by atoms with Crippen LogP contribution in [-0.2, 0) is 10.8 Å². The van der Waals surface area contributed by atoms with E-state index in [9.17, 15) is 23.9 Å². The van der Waals surface area contributed by atoms with E-state index >= 15 is 0 Å². The molecule has 9 heteroatoms. The van der Waals surface area contributed by atoms with E-state index in [4.69, 9.17) is 0 Å². The molecule has 2 rings (SSSR count). The molecule has 2 aromatic rings. The van der Waals surface area contributed by atoms with Crippen LogP contribution in [0.1, 0.15) is 20.7 Å². The molecule has 2 aromatic carbocycles. The monoisotopic (exact) mass is 361 g/mol. The van der Waals surface area contributed by atoms with Gasteiger partial charge >= 0.3 is 0 Å². The Kier molecular flexibility index (Phi) is 5.60. The van der Waals surface area contributed by atoms with Crippen molar-refractivity contribution in [2.45, 2.75) is 9.79 Å². The second-order valence-electron chi connectivity index (χ2n) is 4.86. The highest BCUT2D eigenvalue weighted by atomic mass is 32.2. The number of benzene rings is 2. The molecule has 25 heavy (non-hydrogen) atoms. The molecule has 0 aliphatic rings. The lowest BCUT2D eigenvalue weighted by atomic mass is 10.2. The lowest BCUT2D eigenvalue weighted by molar-refractivity contribution is -0.384. The number of nitrogens with zero attached hydrogens (tertiary/aromatic N) is 1. The summed E-state index contributed by atoms with van der Waals surface area (Å²) in [4.78, 5) is 34.6. The lowest BCUT2D eigenvalue weighted by Gasteiger charge is -2.11. The quantitative estimate of drug-likeness (QED) is 0.618. The second kappa shape index (κ2) is 7.67. The number of nitro benzene ring substituents is 1. The van der Waals surface area contributed by atoms with Crippen LogP contribution in [0, 0.1) is 10.1 Å². The molecule has 0 radical (unpaired) electrons. The number of carbonyl (C=O) groups excluding carboxylic acids is 2. The van der Waals surface area contributed by atoms with Crippen LogP contribution in [0.5, 0.6) is 0 Å².